The van der Waals surface area contributed by atoms with Gasteiger partial charge in [-0.05, 0) is 61.4 Å². The van der Waals surface area contributed by atoms with Gasteiger partial charge in [-0.3, -0.25) is 0 Å². The summed E-state index contributed by atoms with van der Waals surface area (Å²) in [5.74, 6) is 2.48. The van der Waals surface area contributed by atoms with Crippen molar-refractivity contribution in [1.82, 2.24) is 30.0 Å². The van der Waals surface area contributed by atoms with Crippen molar-refractivity contribution in [2.45, 2.75) is 12.8 Å². The Balaban J connectivity index is 1.34. The summed E-state index contributed by atoms with van der Waals surface area (Å²) >= 11 is 0. The number of hydrogen-bond donors (Lipinski definition) is 2. The van der Waals surface area contributed by atoms with Crippen LogP contribution in [0.3, 0.4) is 0 Å². The number of nitrogens with one attached hydrogen (secondary N) is 1. The summed E-state index contributed by atoms with van der Waals surface area (Å²) in [6, 6.07) is 5.35. The lowest BCUT2D eigenvalue weighted by molar-refractivity contribution is 0.476. The molecule has 5 rings (SSSR count). The van der Waals surface area contributed by atoms with Crippen LogP contribution in [0.25, 0.3) is 22.6 Å². The van der Waals surface area contributed by atoms with Crippen molar-refractivity contribution in [3.8, 4) is 22.8 Å². The minimum absolute atomic E-state index is 0.107. The Hall–Kier alpha value is -3.06. The molecule has 1 aromatic carbocycles. The highest BCUT2D eigenvalue weighted by Crippen LogP contribution is 2.43. The van der Waals surface area contributed by atoms with Gasteiger partial charge in [-0.15, -0.1) is 10.2 Å². The first kappa shape index (κ1) is 17.1. The molecule has 2 aliphatic rings. The standard InChI is InChI=1S/C21H22N6O/c1-13(14-6-15-9-23-10-16(15)7-14)19-11-24-21(26-25-19)18-3-2-17(8-20(18)28)27-5-4-22-12-27/h2-5,8,11-12,14-16,23,28H,1,6-7,9-10H2/t14?,15-,16+. The molecular weight excluding hydrogens is 352 g/mol. The third kappa shape index (κ3) is 2.97. The van der Waals surface area contributed by atoms with Crippen LogP contribution in [0, 0.1) is 17.8 Å². The third-order valence-electron chi connectivity index (χ3n) is 6.06. The summed E-state index contributed by atoms with van der Waals surface area (Å²) in [7, 11) is 0. The van der Waals surface area contributed by atoms with Crippen molar-refractivity contribution in [2.75, 3.05) is 13.1 Å². The van der Waals surface area contributed by atoms with Crippen LogP contribution >= 0.6 is 0 Å². The van der Waals surface area contributed by atoms with Crippen LogP contribution in [0.1, 0.15) is 18.5 Å². The number of fused-ring (bicyclic) bond motifs is 1. The number of imidazole rings is 1. The van der Waals surface area contributed by atoms with Gasteiger partial charge in [0.05, 0.1) is 23.8 Å². The van der Waals surface area contributed by atoms with Gasteiger partial charge in [0, 0.05) is 18.5 Å². The molecule has 2 N–H and O–H groups in total. The van der Waals surface area contributed by atoms with Crippen LogP contribution in [-0.4, -0.2) is 42.9 Å². The number of phenols is 1. The molecule has 7 heteroatoms. The van der Waals surface area contributed by atoms with E-state index in [1.807, 2.05) is 16.8 Å². The molecule has 0 spiro atoms. The molecule has 0 amide bonds. The maximum atomic E-state index is 10.4. The van der Waals surface area contributed by atoms with Crippen LogP contribution in [0.5, 0.6) is 5.75 Å². The van der Waals surface area contributed by atoms with Gasteiger partial charge in [0.2, 0.25) is 0 Å². The number of phenolic OH excluding ortho intramolecular Hbond substituents is 1. The van der Waals surface area contributed by atoms with Crippen molar-refractivity contribution in [3.05, 3.63) is 55.4 Å². The predicted octanol–water partition coefficient (Wildman–Crippen LogP) is 2.69. The van der Waals surface area contributed by atoms with E-state index in [9.17, 15) is 5.11 Å². The second-order valence-corrected chi connectivity index (χ2v) is 7.71. The van der Waals surface area contributed by atoms with Gasteiger partial charge in [0.25, 0.3) is 0 Å². The third-order valence-corrected chi connectivity index (χ3v) is 6.06. The van der Waals surface area contributed by atoms with Crippen LogP contribution < -0.4 is 5.32 Å². The van der Waals surface area contributed by atoms with E-state index in [0.29, 0.717) is 17.3 Å². The summed E-state index contributed by atoms with van der Waals surface area (Å²) in [5, 5.41) is 22.5. The monoisotopic (exact) mass is 374 g/mol. The number of aromatic hydroxyl groups is 1. The minimum atomic E-state index is 0.107. The first-order chi connectivity index (χ1) is 13.7. The van der Waals surface area contributed by atoms with Gasteiger partial charge >= 0.3 is 0 Å². The molecule has 0 bridgehead atoms. The fraction of sp³-hybridized carbons (Fsp3) is 0.333. The summed E-state index contributed by atoms with van der Waals surface area (Å²) in [4.78, 5) is 8.46. The summed E-state index contributed by atoms with van der Waals surface area (Å²) in [6.45, 7) is 6.51. The SMILES string of the molecule is C=C(c1cnc(-c2ccc(-n3ccnc3)cc2O)nn1)C1C[C@H]2CNC[C@H]2C1. The maximum absolute atomic E-state index is 10.4. The van der Waals surface area contributed by atoms with E-state index in [-0.39, 0.29) is 5.75 Å². The van der Waals surface area contributed by atoms with Gasteiger partial charge in [-0.2, -0.15) is 0 Å². The maximum Gasteiger partial charge on any atom is 0.185 e. The van der Waals surface area contributed by atoms with Gasteiger partial charge in [-0.1, -0.05) is 6.58 Å². The normalized spacial score (nSPS) is 23.6. The van der Waals surface area contributed by atoms with E-state index in [2.05, 4.69) is 32.1 Å². The summed E-state index contributed by atoms with van der Waals surface area (Å²) in [6.07, 6.45) is 9.24. The van der Waals surface area contributed by atoms with Crippen molar-refractivity contribution in [3.63, 3.8) is 0 Å². The molecule has 7 nitrogen and oxygen atoms in total. The Morgan fingerprint density at radius 3 is 2.64 bits per heavy atom. The number of allylic oxidation sites excluding steroid dienone is 1. The molecule has 0 radical (unpaired) electrons. The second-order valence-electron chi connectivity index (χ2n) is 7.71. The zero-order valence-corrected chi connectivity index (χ0v) is 15.5. The molecule has 1 saturated heterocycles. The number of hydrogen-bond acceptors (Lipinski definition) is 6. The Kier molecular flexibility index (Phi) is 4.16. The van der Waals surface area contributed by atoms with E-state index in [0.717, 1.165) is 54.7 Å². The molecule has 1 aliphatic heterocycles. The predicted molar refractivity (Wildman–Crippen MR) is 106 cm³/mol. The molecule has 28 heavy (non-hydrogen) atoms. The first-order valence-electron chi connectivity index (χ1n) is 9.60. The Morgan fingerprint density at radius 2 is 2.00 bits per heavy atom. The lowest BCUT2D eigenvalue weighted by atomic mass is 9.95. The molecule has 1 aliphatic carbocycles. The lowest BCUT2D eigenvalue weighted by Gasteiger charge is -2.14. The Bertz CT molecular complexity index is 986. The number of aromatic nitrogens is 5. The van der Waals surface area contributed by atoms with Crippen LogP contribution in [-0.2, 0) is 0 Å². The van der Waals surface area contributed by atoms with E-state index in [1.165, 1.54) is 0 Å². The van der Waals surface area contributed by atoms with Crippen molar-refractivity contribution in [1.29, 1.82) is 0 Å². The molecule has 142 valence electrons. The van der Waals surface area contributed by atoms with E-state index >= 15 is 0 Å². The smallest absolute Gasteiger partial charge is 0.185 e. The van der Waals surface area contributed by atoms with Gasteiger partial charge < -0.3 is 15.0 Å². The Morgan fingerprint density at radius 1 is 1.18 bits per heavy atom. The quantitative estimate of drug-likeness (QED) is 0.730. The van der Waals surface area contributed by atoms with Crippen LogP contribution in [0.15, 0.2) is 49.7 Å². The Labute approximate surface area is 163 Å². The van der Waals surface area contributed by atoms with Crippen LogP contribution in [0.4, 0.5) is 0 Å². The largest absolute Gasteiger partial charge is 0.507 e. The van der Waals surface area contributed by atoms with Crippen molar-refractivity contribution >= 4 is 5.57 Å². The van der Waals surface area contributed by atoms with Crippen LogP contribution in [0.2, 0.25) is 0 Å². The zero-order valence-electron chi connectivity index (χ0n) is 15.5. The fourth-order valence-electron chi connectivity index (χ4n) is 4.49. The highest BCUT2D eigenvalue weighted by Gasteiger charge is 2.38. The number of rotatable bonds is 4. The topological polar surface area (TPSA) is 88.8 Å². The number of nitrogens with zero attached hydrogens (tertiary/aromatic N) is 5. The molecule has 1 saturated carbocycles. The molecule has 3 heterocycles. The molecule has 1 unspecified atom stereocenters. The second kappa shape index (κ2) is 6.83. The van der Waals surface area contributed by atoms with Gasteiger partial charge in [-0.25, -0.2) is 9.97 Å². The van der Waals surface area contributed by atoms with E-state index < -0.39 is 0 Å². The zero-order chi connectivity index (χ0) is 19.1. The molecular formula is C21H22N6O. The average Bonchev–Trinajstić information content (AvgIpc) is 3.45. The highest BCUT2D eigenvalue weighted by molar-refractivity contribution is 5.67. The van der Waals surface area contributed by atoms with E-state index in [1.54, 1.807) is 30.9 Å². The molecule has 2 fully saturated rings. The van der Waals surface area contributed by atoms with Crippen molar-refractivity contribution in [2.24, 2.45) is 17.8 Å². The van der Waals surface area contributed by atoms with Gasteiger partial charge in [0.1, 0.15) is 11.4 Å². The summed E-state index contributed by atoms with van der Waals surface area (Å²) < 4.78 is 1.82. The molecule has 3 atom stereocenters. The van der Waals surface area contributed by atoms with Crippen molar-refractivity contribution < 1.29 is 5.11 Å². The first-order valence-corrected chi connectivity index (χ1v) is 9.60. The molecule has 2 aromatic heterocycles. The fourth-order valence-corrected chi connectivity index (χ4v) is 4.49. The van der Waals surface area contributed by atoms with E-state index in [4.69, 9.17) is 0 Å². The number of benzene rings is 1. The average molecular weight is 374 g/mol. The lowest BCUT2D eigenvalue weighted by Crippen LogP contribution is -2.13. The minimum Gasteiger partial charge on any atom is -0.507 e. The molecule has 3 aromatic rings. The van der Waals surface area contributed by atoms with Gasteiger partial charge in [0.15, 0.2) is 5.82 Å². The summed E-state index contributed by atoms with van der Waals surface area (Å²) in [5.41, 5.74) is 3.14. The highest BCUT2D eigenvalue weighted by atomic mass is 16.3.